The fraction of sp³-hybridized carbons (Fsp3) is 0.673. The van der Waals surface area contributed by atoms with Gasteiger partial charge >= 0.3 is 0 Å². The average Bonchev–Trinajstić information content (AvgIpc) is 3.62. The molecule has 0 spiro atoms. The minimum absolute atomic E-state index is 0.0416. The summed E-state index contributed by atoms with van der Waals surface area (Å²) in [6, 6.07) is 16.6. The average molecular weight is 963 g/mol. The summed E-state index contributed by atoms with van der Waals surface area (Å²) in [7, 11) is 0. The molecule has 6 rings (SSSR count). The summed E-state index contributed by atoms with van der Waals surface area (Å²) in [4.78, 5) is 71.8. The van der Waals surface area contributed by atoms with Crippen LogP contribution in [0.4, 0.5) is 0 Å². The van der Waals surface area contributed by atoms with Crippen molar-refractivity contribution < 1.29 is 33.4 Å². The fourth-order valence-electron chi connectivity index (χ4n) is 10.1. The summed E-state index contributed by atoms with van der Waals surface area (Å²) in [5, 5.41) is 9.32. The number of benzene rings is 2. The van der Waals surface area contributed by atoms with Gasteiger partial charge in [-0.15, -0.1) is 23.5 Å². The molecule has 0 bridgehead atoms. The van der Waals surface area contributed by atoms with Crippen molar-refractivity contribution in [1.82, 2.24) is 25.8 Å². The molecule has 0 saturated carbocycles. The highest BCUT2D eigenvalue weighted by atomic mass is 32.2. The normalized spacial score (nSPS) is 25.4. The van der Waals surface area contributed by atoms with E-state index in [4.69, 9.17) is 15.2 Å². The lowest BCUT2D eigenvalue weighted by atomic mass is 9.83. The van der Waals surface area contributed by atoms with E-state index in [9.17, 15) is 24.0 Å². The van der Waals surface area contributed by atoms with Gasteiger partial charge in [0.05, 0.1) is 42.1 Å². The molecule has 15 heteroatoms. The third-order valence-corrected chi connectivity index (χ3v) is 16.4. The Morgan fingerprint density at radius 3 is 1.52 bits per heavy atom. The van der Waals surface area contributed by atoms with E-state index in [1.165, 1.54) is 0 Å². The Morgan fingerprint density at radius 1 is 0.657 bits per heavy atom. The van der Waals surface area contributed by atoms with E-state index >= 15 is 0 Å². The number of ether oxygens (including phenoxy) is 2. The van der Waals surface area contributed by atoms with E-state index in [-0.39, 0.29) is 63.7 Å². The van der Waals surface area contributed by atoms with E-state index in [0.717, 1.165) is 80.4 Å². The third-order valence-electron chi connectivity index (χ3n) is 13.9. The van der Waals surface area contributed by atoms with Crippen molar-refractivity contribution in [2.75, 3.05) is 37.9 Å². The number of amides is 5. The highest BCUT2D eigenvalue weighted by Crippen LogP contribution is 2.48. The summed E-state index contributed by atoms with van der Waals surface area (Å²) >= 11 is 3.43. The van der Waals surface area contributed by atoms with Crippen LogP contribution in [0.2, 0.25) is 0 Å². The summed E-state index contributed by atoms with van der Waals surface area (Å²) < 4.78 is 12.4. The Balaban J connectivity index is 0.883. The molecule has 4 saturated heterocycles. The smallest absolute Gasteiger partial charge is 0.246 e. The van der Waals surface area contributed by atoms with Gasteiger partial charge in [-0.25, -0.2) is 0 Å². The number of unbranched alkanes of at least 4 members (excludes halogenated alkanes) is 7. The molecule has 4 fully saturated rings. The van der Waals surface area contributed by atoms with Gasteiger partial charge in [0.15, 0.2) is 0 Å². The van der Waals surface area contributed by atoms with Crippen molar-refractivity contribution in [3.8, 4) is 0 Å². The zero-order valence-electron chi connectivity index (χ0n) is 40.8. The van der Waals surface area contributed by atoms with E-state index < -0.39 is 29.6 Å². The van der Waals surface area contributed by atoms with Crippen LogP contribution in [0.1, 0.15) is 142 Å². The van der Waals surface area contributed by atoms with Crippen LogP contribution in [0, 0.1) is 16.7 Å². The Kier molecular flexibility index (Phi) is 19.5. The topological polar surface area (TPSA) is 172 Å². The quantitative estimate of drug-likeness (QED) is 0.0818. The largest absolute Gasteiger partial charge is 0.379 e. The minimum Gasteiger partial charge on any atom is -0.379 e. The molecule has 67 heavy (non-hydrogen) atoms. The molecular weight excluding hydrogens is 885 g/mol. The number of nitrogens with one attached hydrogen (secondary N) is 3. The molecule has 4 aliphatic heterocycles. The number of hydrogen-bond donors (Lipinski definition) is 4. The molecule has 2 aromatic carbocycles. The van der Waals surface area contributed by atoms with Crippen molar-refractivity contribution in [1.29, 1.82) is 0 Å². The maximum atomic E-state index is 14.3. The van der Waals surface area contributed by atoms with Crippen LogP contribution < -0.4 is 21.7 Å². The molecule has 2 aromatic rings. The number of thioether (sulfide) groups is 2. The minimum atomic E-state index is -0.670. The standard InChI is InChI=1S/C52H78N6O7S2/c1-35(2)46(59)54-39-26-30-67-43-32-52(5,6)45(58(43)50(39)63)48(61)56-41(37-23-17-14-18-24-37)34-65-28-20-12-10-8-7-9-11-19-27-64-33-40(36-21-15-13-16-22-36)55-47(60)44-51(3,4)31-42-57(44)49(62)38(53)25-29-66-42/h13-18,21-24,35,38-45H,7-12,19-20,25-34,53H2,1-6H3,(H,54,59)(H,55,60)(H,56,61)/t38-,39?,40+,41+,42-,43-,44+,45+/m0/s1. The predicted molar refractivity (Wildman–Crippen MR) is 268 cm³/mol. The second-order valence-corrected chi connectivity index (χ2v) is 23.2. The maximum Gasteiger partial charge on any atom is 0.246 e. The van der Waals surface area contributed by atoms with Crippen LogP contribution in [0.5, 0.6) is 0 Å². The molecule has 1 unspecified atom stereocenters. The highest BCUT2D eigenvalue weighted by Gasteiger charge is 2.56. The first kappa shape index (κ1) is 52.7. The molecule has 8 atom stereocenters. The molecule has 0 aromatic heterocycles. The lowest BCUT2D eigenvalue weighted by Gasteiger charge is -2.35. The van der Waals surface area contributed by atoms with Gasteiger partial charge in [0, 0.05) is 19.1 Å². The summed E-state index contributed by atoms with van der Waals surface area (Å²) in [5.74, 6) is 0.502. The first-order valence-corrected chi connectivity index (χ1v) is 27.0. The lowest BCUT2D eigenvalue weighted by Crippen LogP contribution is -2.57. The molecule has 5 N–H and O–H groups in total. The second kappa shape index (κ2) is 24.8. The van der Waals surface area contributed by atoms with Crippen LogP contribution >= 0.6 is 23.5 Å². The van der Waals surface area contributed by atoms with Gasteiger partial charge in [-0.3, -0.25) is 24.0 Å². The summed E-state index contributed by atoms with van der Waals surface area (Å²) in [6.07, 6.45) is 11.2. The van der Waals surface area contributed by atoms with E-state index in [1.54, 1.807) is 33.3 Å². The maximum absolute atomic E-state index is 14.3. The number of nitrogens with two attached hydrogens (primary N) is 1. The Bertz CT molecular complexity index is 1940. The zero-order chi connectivity index (χ0) is 48.1. The number of carbonyl (C=O) groups excluding carboxylic acids is 5. The van der Waals surface area contributed by atoms with Crippen molar-refractivity contribution in [3.63, 3.8) is 0 Å². The van der Waals surface area contributed by atoms with Gasteiger partial charge < -0.3 is 41.0 Å². The van der Waals surface area contributed by atoms with Crippen molar-refractivity contribution in [2.45, 2.75) is 166 Å². The SMILES string of the molecule is CC(C)C(=O)NC1CCS[C@H]2CC(C)(C)[C@@H](C(=O)N[C@H](COCCCCCCCCCCOC[C@@H](NC(=O)[C@H]3N4C(=O)[C@@H](N)CCS[C@H]4CC3(C)C)c3ccccc3)c3ccccc3)N2C1=O. The van der Waals surface area contributed by atoms with Gasteiger partial charge in [-0.2, -0.15) is 0 Å². The molecule has 4 heterocycles. The first-order chi connectivity index (χ1) is 32.1. The molecule has 13 nitrogen and oxygen atoms in total. The van der Waals surface area contributed by atoms with Crippen molar-refractivity contribution >= 4 is 53.1 Å². The highest BCUT2D eigenvalue weighted by molar-refractivity contribution is 8.00. The molecule has 0 aliphatic carbocycles. The molecule has 5 amide bonds. The molecular formula is C52H78N6O7S2. The zero-order valence-corrected chi connectivity index (χ0v) is 42.5. The van der Waals surface area contributed by atoms with Gasteiger partial charge in [0.25, 0.3) is 0 Å². The molecule has 4 aliphatic rings. The lowest BCUT2D eigenvalue weighted by molar-refractivity contribution is -0.144. The predicted octanol–water partition coefficient (Wildman–Crippen LogP) is 7.50. The Hall–Kier alpha value is -3.63. The monoisotopic (exact) mass is 963 g/mol. The number of fused-ring (bicyclic) bond motifs is 2. The van der Waals surface area contributed by atoms with Gasteiger partial charge in [0.1, 0.15) is 18.1 Å². The molecule has 370 valence electrons. The van der Waals surface area contributed by atoms with E-state index in [1.807, 2.05) is 74.5 Å². The number of hydrogen-bond acceptors (Lipinski definition) is 10. The number of nitrogens with zero attached hydrogens (tertiary/aromatic N) is 2. The van der Waals surface area contributed by atoms with Crippen LogP contribution in [0.15, 0.2) is 60.7 Å². The van der Waals surface area contributed by atoms with Gasteiger partial charge in [-0.05, 0) is 72.0 Å². The van der Waals surface area contributed by atoms with E-state index in [0.29, 0.717) is 45.7 Å². The van der Waals surface area contributed by atoms with Gasteiger partial charge in [0.2, 0.25) is 29.5 Å². The Labute approximate surface area is 408 Å². The van der Waals surface area contributed by atoms with Gasteiger partial charge in [-0.1, -0.05) is 141 Å². The molecule has 0 radical (unpaired) electrons. The van der Waals surface area contributed by atoms with Crippen LogP contribution in [0.25, 0.3) is 0 Å². The van der Waals surface area contributed by atoms with Crippen LogP contribution in [-0.4, -0.2) is 112 Å². The summed E-state index contributed by atoms with van der Waals surface area (Å²) in [5.41, 5.74) is 7.34. The third kappa shape index (κ3) is 14.0. The van der Waals surface area contributed by atoms with Crippen LogP contribution in [0.3, 0.4) is 0 Å². The van der Waals surface area contributed by atoms with Crippen molar-refractivity contribution in [3.05, 3.63) is 71.8 Å². The van der Waals surface area contributed by atoms with Crippen LogP contribution in [-0.2, 0) is 33.4 Å². The van der Waals surface area contributed by atoms with E-state index in [2.05, 4.69) is 43.6 Å². The number of rotatable bonds is 23. The fourth-order valence-corrected chi connectivity index (χ4v) is 13.3. The van der Waals surface area contributed by atoms with Crippen molar-refractivity contribution in [2.24, 2.45) is 22.5 Å². The Morgan fingerprint density at radius 2 is 1.07 bits per heavy atom. The first-order valence-electron chi connectivity index (χ1n) is 24.9. The summed E-state index contributed by atoms with van der Waals surface area (Å²) in [6.45, 7) is 13.8. The second-order valence-electron chi connectivity index (χ2n) is 20.7. The number of carbonyl (C=O) groups is 5.